The molecule has 8 heteroatoms. The topological polar surface area (TPSA) is 84.5 Å². The smallest absolute Gasteiger partial charge is 0.330 e. The molecule has 0 saturated carbocycles. The van der Waals surface area contributed by atoms with Crippen LogP contribution in [0.5, 0.6) is 0 Å². The van der Waals surface area contributed by atoms with Gasteiger partial charge in [0, 0.05) is 43.2 Å². The predicted molar refractivity (Wildman–Crippen MR) is 170 cm³/mol. The molecule has 216 valence electrons. The number of carbonyl (C=O) groups excluding carboxylic acids is 3. The quantitative estimate of drug-likeness (QED) is 0.0459. The van der Waals surface area contributed by atoms with Gasteiger partial charge in [-0.15, -0.1) is 0 Å². The summed E-state index contributed by atoms with van der Waals surface area (Å²) < 4.78 is 4.42. The van der Waals surface area contributed by atoms with Gasteiger partial charge >= 0.3 is 5.97 Å². The molecular weight excluding hydrogens is 528 g/mol. The van der Waals surface area contributed by atoms with E-state index < -0.39 is 5.97 Å². The third-order valence-electron chi connectivity index (χ3n) is 4.78. The number of carbonyl (C=O) groups is 3. The summed E-state index contributed by atoms with van der Waals surface area (Å²) in [5.74, 6) is 0.704. The van der Waals surface area contributed by atoms with Crippen LogP contribution in [0.4, 0.5) is 0 Å². The van der Waals surface area contributed by atoms with Crippen molar-refractivity contribution in [2.75, 3.05) is 31.7 Å². The molecule has 0 aliphatic heterocycles. The fourth-order valence-electron chi connectivity index (χ4n) is 2.78. The highest BCUT2D eigenvalue weighted by atomic mass is 33.1. The Morgan fingerprint density at radius 2 is 1.10 bits per heavy atom. The molecule has 0 aliphatic carbocycles. The summed E-state index contributed by atoms with van der Waals surface area (Å²) >= 11 is 0. The first-order valence-electron chi connectivity index (χ1n) is 13.5. The van der Waals surface area contributed by atoms with Gasteiger partial charge in [0.05, 0.1) is 7.11 Å². The van der Waals surface area contributed by atoms with Crippen LogP contribution in [0.3, 0.4) is 0 Å². The van der Waals surface area contributed by atoms with E-state index in [1.165, 1.54) is 7.11 Å². The molecule has 0 heterocycles. The first-order chi connectivity index (χ1) is 19.1. The molecule has 0 unspecified atom stereocenters. The summed E-state index contributed by atoms with van der Waals surface area (Å²) in [7, 11) is 4.53. The molecule has 0 atom stereocenters. The molecule has 2 amide bonds. The summed E-state index contributed by atoms with van der Waals surface area (Å²) in [6.07, 6.45) is 35.4. The molecule has 0 rings (SSSR count). The second kappa shape index (κ2) is 29.8. The average Bonchev–Trinajstić information content (AvgIpc) is 2.94. The number of allylic oxidation sites excluding steroid dienone is 12. The Bertz CT molecular complexity index is 859. The highest BCUT2D eigenvalue weighted by Crippen LogP contribution is 2.19. The molecule has 0 spiro atoms. The number of amides is 2. The van der Waals surface area contributed by atoms with Crippen molar-refractivity contribution in [2.24, 2.45) is 0 Å². The molecule has 6 nitrogen and oxygen atoms in total. The van der Waals surface area contributed by atoms with E-state index in [4.69, 9.17) is 0 Å². The average molecular weight is 575 g/mol. The fourth-order valence-corrected chi connectivity index (χ4v) is 4.59. The van der Waals surface area contributed by atoms with Crippen molar-refractivity contribution in [3.05, 3.63) is 85.1 Å². The van der Waals surface area contributed by atoms with Gasteiger partial charge in [-0.05, 0) is 44.9 Å². The Balaban J connectivity index is 3.57. The minimum atomic E-state index is -0.561. The summed E-state index contributed by atoms with van der Waals surface area (Å²) in [6, 6.07) is 0. The van der Waals surface area contributed by atoms with Crippen LogP contribution in [0.2, 0.25) is 0 Å². The van der Waals surface area contributed by atoms with Crippen molar-refractivity contribution in [1.82, 2.24) is 10.6 Å². The van der Waals surface area contributed by atoms with Crippen LogP contribution in [-0.4, -0.2) is 49.5 Å². The number of hydrogen-bond acceptors (Lipinski definition) is 6. The number of esters is 1. The Labute approximate surface area is 243 Å². The van der Waals surface area contributed by atoms with Gasteiger partial charge in [-0.1, -0.05) is 101 Å². The Kier molecular flexibility index (Phi) is 27.8. The molecule has 39 heavy (non-hydrogen) atoms. The third-order valence-corrected chi connectivity index (χ3v) is 7.19. The molecule has 0 radical (unpaired) electrons. The normalized spacial score (nSPS) is 12.4. The minimum absolute atomic E-state index is 0.0600. The van der Waals surface area contributed by atoms with Crippen LogP contribution in [0.1, 0.15) is 58.3 Å². The number of nitrogens with one attached hydrogen (secondary N) is 2. The maximum absolute atomic E-state index is 11.9. The summed E-state index contributed by atoms with van der Waals surface area (Å²) in [4.78, 5) is 34.3. The molecule has 2 N–H and O–H groups in total. The molecule has 0 aliphatic rings. The zero-order chi connectivity index (χ0) is 28.7. The van der Waals surface area contributed by atoms with Crippen molar-refractivity contribution in [3.8, 4) is 0 Å². The molecule has 0 fully saturated rings. The molecule has 0 bridgehead atoms. The Morgan fingerprint density at radius 1 is 0.641 bits per heavy atom. The standard InChI is InChI=1S/C31H46N2O4S2/c1-3-4-5-6-7-8-9-10-11-12-13-14-15-16-17-18-19-20-21-22-29(34)32-25-27-38-39-28-26-33-30(35)23-24-31(36)37-2/h4-5,7-8,10-11,13-14,16-17,19-20,23-24H,3,6,9,12,15,18,21-22,25-28H2,1-2H3,(H,32,34)(H,33,35). The molecule has 0 aromatic heterocycles. The highest BCUT2D eigenvalue weighted by Gasteiger charge is 2.00. The van der Waals surface area contributed by atoms with Crippen LogP contribution in [0.15, 0.2) is 85.1 Å². The van der Waals surface area contributed by atoms with Crippen molar-refractivity contribution in [3.63, 3.8) is 0 Å². The lowest BCUT2D eigenvalue weighted by Gasteiger charge is -2.04. The summed E-state index contributed by atoms with van der Waals surface area (Å²) in [5, 5.41) is 5.60. The third kappa shape index (κ3) is 29.7. The van der Waals surface area contributed by atoms with Gasteiger partial charge in [0.2, 0.25) is 11.8 Å². The number of ether oxygens (including phenoxy) is 1. The zero-order valence-electron chi connectivity index (χ0n) is 23.5. The van der Waals surface area contributed by atoms with E-state index in [-0.39, 0.29) is 11.8 Å². The fraction of sp³-hybridized carbons (Fsp3) is 0.452. The van der Waals surface area contributed by atoms with Gasteiger partial charge in [-0.3, -0.25) is 9.59 Å². The summed E-state index contributed by atoms with van der Waals surface area (Å²) in [6.45, 7) is 3.27. The number of hydrogen-bond donors (Lipinski definition) is 2. The molecule has 0 saturated heterocycles. The maximum Gasteiger partial charge on any atom is 0.330 e. The lowest BCUT2D eigenvalue weighted by molar-refractivity contribution is -0.135. The minimum Gasteiger partial charge on any atom is -0.466 e. The van der Waals surface area contributed by atoms with Crippen molar-refractivity contribution < 1.29 is 19.1 Å². The monoisotopic (exact) mass is 574 g/mol. The second-order valence-electron chi connectivity index (χ2n) is 8.10. The Hall–Kier alpha value is -2.71. The number of rotatable bonds is 23. The van der Waals surface area contributed by atoms with Gasteiger partial charge in [0.25, 0.3) is 0 Å². The first kappa shape index (κ1) is 36.3. The van der Waals surface area contributed by atoms with Crippen LogP contribution in [0, 0.1) is 0 Å². The van der Waals surface area contributed by atoms with Gasteiger partial charge < -0.3 is 15.4 Å². The predicted octanol–water partition coefficient (Wildman–Crippen LogP) is 6.81. The lowest BCUT2D eigenvalue weighted by Crippen LogP contribution is -2.25. The van der Waals surface area contributed by atoms with Gasteiger partial charge in [-0.2, -0.15) is 0 Å². The van der Waals surface area contributed by atoms with Crippen LogP contribution < -0.4 is 10.6 Å². The molecule has 0 aromatic carbocycles. The zero-order valence-corrected chi connectivity index (χ0v) is 25.2. The van der Waals surface area contributed by atoms with Crippen molar-refractivity contribution >= 4 is 39.4 Å². The van der Waals surface area contributed by atoms with E-state index in [9.17, 15) is 14.4 Å². The Morgan fingerprint density at radius 3 is 1.59 bits per heavy atom. The van der Waals surface area contributed by atoms with E-state index in [0.717, 1.165) is 68.6 Å². The van der Waals surface area contributed by atoms with E-state index in [1.54, 1.807) is 21.6 Å². The lowest BCUT2D eigenvalue weighted by atomic mass is 10.2. The SMILES string of the molecule is CCC=CCC=CCC=CCC=CCC=CCC=CCCC(=O)NCCSSCCNC(=O)C=CC(=O)OC. The molecular formula is C31H46N2O4S2. The highest BCUT2D eigenvalue weighted by molar-refractivity contribution is 8.76. The van der Waals surface area contributed by atoms with E-state index in [0.29, 0.717) is 19.5 Å². The largest absolute Gasteiger partial charge is 0.466 e. The van der Waals surface area contributed by atoms with Crippen molar-refractivity contribution in [1.29, 1.82) is 0 Å². The summed E-state index contributed by atoms with van der Waals surface area (Å²) in [5.41, 5.74) is 0. The van der Waals surface area contributed by atoms with Gasteiger partial charge in [0.15, 0.2) is 0 Å². The van der Waals surface area contributed by atoms with E-state index in [2.05, 4.69) is 95.2 Å². The van der Waals surface area contributed by atoms with Gasteiger partial charge in [0.1, 0.15) is 0 Å². The van der Waals surface area contributed by atoms with E-state index >= 15 is 0 Å². The first-order valence-corrected chi connectivity index (χ1v) is 16.0. The van der Waals surface area contributed by atoms with Crippen LogP contribution >= 0.6 is 21.6 Å². The van der Waals surface area contributed by atoms with Crippen LogP contribution in [-0.2, 0) is 19.1 Å². The second-order valence-corrected chi connectivity index (χ2v) is 10.8. The number of methoxy groups -OCH3 is 1. The van der Waals surface area contributed by atoms with Crippen molar-refractivity contribution in [2.45, 2.75) is 58.3 Å². The van der Waals surface area contributed by atoms with Crippen LogP contribution in [0.25, 0.3) is 0 Å². The maximum atomic E-state index is 11.9. The van der Waals surface area contributed by atoms with E-state index in [1.807, 2.05) is 0 Å². The molecule has 0 aromatic rings. The van der Waals surface area contributed by atoms with Gasteiger partial charge in [-0.25, -0.2) is 4.79 Å².